The highest BCUT2D eigenvalue weighted by Crippen LogP contribution is 2.33. The second-order valence-electron chi connectivity index (χ2n) is 4.62. The van der Waals surface area contributed by atoms with Crippen molar-refractivity contribution in [2.24, 2.45) is 11.1 Å². The van der Waals surface area contributed by atoms with E-state index in [0.29, 0.717) is 6.54 Å². The minimum atomic E-state index is -0.718. The van der Waals surface area contributed by atoms with Gasteiger partial charge in [0.1, 0.15) is 0 Å². The Morgan fingerprint density at radius 3 is 2.47 bits per heavy atom. The average Bonchev–Trinajstić information content (AvgIpc) is 2.21. The van der Waals surface area contributed by atoms with E-state index in [4.69, 9.17) is 10.8 Å². The largest absolute Gasteiger partial charge is 0.481 e. The molecule has 15 heavy (non-hydrogen) atoms. The summed E-state index contributed by atoms with van der Waals surface area (Å²) in [6.45, 7) is 5.78. The molecular formula is C11H22N2O2. The van der Waals surface area contributed by atoms with Crippen LogP contribution in [-0.2, 0) is 4.79 Å². The molecule has 1 aliphatic heterocycles. The summed E-state index contributed by atoms with van der Waals surface area (Å²) in [6, 6.07) is 0. The zero-order chi connectivity index (χ0) is 11.3. The highest BCUT2D eigenvalue weighted by atomic mass is 16.4. The Morgan fingerprint density at radius 1 is 1.47 bits per heavy atom. The maximum atomic E-state index is 10.8. The van der Waals surface area contributed by atoms with Crippen molar-refractivity contribution in [1.29, 1.82) is 0 Å². The van der Waals surface area contributed by atoms with Crippen LogP contribution in [0.1, 0.15) is 32.6 Å². The van der Waals surface area contributed by atoms with Gasteiger partial charge in [-0.3, -0.25) is 4.79 Å². The van der Waals surface area contributed by atoms with Crippen molar-refractivity contribution < 1.29 is 9.90 Å². The van der Waals surface area contributed by atoms with Crippen LogP contribution >= 0.6 is 0 Å². The van der Waals surface area contributed by atoms with Crippen LogP contribution < -0.4 is 5.73 Å². The van der Waals surface area contributed by atoms with Crippen molar-refractivity contribution in [3.05, 3.63) is 0 Å². The lowest BCUT2D eigenvalue weighted by Crippen LogP contribution is -2.45. The van der Waals surface area contributed by atoms with Gasteiger partial charge in [-0.25, -0.2) is 0 Å². The van der Waals surface area contributed by atoms with Crippen LogP contribution in [0.3, 0.4) is 0 Å². The van der Waals surface area contributed by atoms with Crippen LogP contribution in [-0.4, -0.2) is 42.2 Å². The first kappa shape index (κ1) is 12.5. The standard InChI is InChI=1S/C11H22N2O2/c1-2-5-13-6-3-11(9-12,4-7-13)8-10(14)15/h2-9,12H2,1H3,(H,14,15). The van der Waals surface area contributed by atoms with Gasteiger partial charge in [0.05, 0.1) is 6.42 Å². The van der Waals surface area contributed by atoms with E-state index >= 15 is 0 Å². The van der Waals surface area contributed by atoms with Crippen molar-refractivity contribution in [2.75, 3.05) is 26.2 Å². The predicted molar refractivity (Wildman–Crippen MR) is 59.7 cm³/mol. The van der Waals surface area contributed by atoms with E-state index in [1.165, 1.54) is 0 Å². The van der Waals surface area contributed by atoms with Gasteiger partial charge < -0.3 is 15.7 Å². The molecular weight excluding hydrogens is 192 g/mol. The molecule has 0 spiro atoms. The Morgan fingerprint density at radius 2 is 2.07 bits per heavy atom. The quantitative estimate of drug-likeness (QED) is 0.714. The van der Waals surface area contributed by atoms with Gasteiger partial charge in [0, 0.05) is 0 Å². The Hall–Kier alpha value is -0.610. The van der Waals surface area contributed by atoms with Crippen molar-refractivity contribution in [2.45, 2.75) is 32.6 Å². The molecule has 0 radical (unpaired) electrons. The first-order chi connectivity index (χ1) is 7.12. The number of carbonyl (C=O) groups is 1. The van der Waals surface area contributed by atoms with Gasteiger partial charge in [-0.05, 0) is 50.9 Å². The van der Waals surface area contributed by atoms with E-state index in [1.807, 2.05) is 0 Å². The lowest BCUT2D eigenvalue weighted by atomic mass is 9.75. The summed E-state index contributed by atoms with van der Waals surface area (Å²) in [6.07, 6.45) is 3.24. The second kappa shape index (κ2) is 5.47. The fourth-order valence-electron chi connectivity index (χ4n) is 2.34. The summed E-state index contributed by atoms with van der Waals surface area (Å²) < 4.78 is 0. The summed E-state index contributed by atoms with van der Waals surface area (Å²) in [5.41, 5.74) is 5.58. The molecule has 1 heterocycles. The average molecular weight is 214 g/mol. The normalized spacial score (nSPS) is 21.5. The number of likely N-dealkylation sites (tertiary alicyclic amines) is 1. The Balaban J connectivity index is 2.47. The molecule has 0 amide bonds. The van der Waals surface area contributed by atoms with Gasteiger partial charge >= 0.3 is 5.97 Å². The summed E-state index contributed by atoms with van der Waals surface area (Å²) in [5, 5.41) is 8.86. The maximum absolute atomic E-state index is 10.8. The van der Waals surface area contributed by atoms with E-state index in [-0.39, 0.29) is 11.8 Å². The van der Waals surface area contributed by atoms with Gasteiger partial charge in [0.25, 0.3) is 0 Å². The van der Waals surface area contributed by atoms with Crippen LogP contribution in [0.4, 0.5) is 0 Å². The van der Waals surface area contributed by atoms with E-state index < -0.39 is 5.97 Å². The first-order valence-corrected chi connectivity index (χ1v) is 5.76. The zero-order valence-corrected chi connectivity index (χ0v) is 9.54. The predicted octanol–water partition coefficient (Wildman–Crippen LogP) is 0.912. The first-order valence-electron chi connectivity index (χ1n) is 5.76. The van der Waals surface area contributed by atoms with Crippen LogP contribution in [0.25, 0.3) is 0 Å². The molecule has 0 aliphatic carbocycles. The highest BCUT2D eigenvalue weighted by Gasteiger charge is 2.35. The minimum Gasteiger partial charge on any atom is -0.481 e. The molecule has 3 N–H and O–H groups in total. The molecule has 0 aromatic carbocycles. The number of hydrogen-bond acceptors (Lipinski definition) is 3. The SMILES string of the molecule is CCCN1CCC(CN)(CC(=O)O)CC1. The van der Waals surface area contributed by atoms with Crippen molar-refractivity contribution in [3.8, 4) is 0 Å². The molecule has 4 nitrogen and oxygen atoms in total. The highest BCUT2D eigenvalue weighted by molar-refractivity contribution is 5.67. The third kappa shape index (κ3) is 3.47. The molecule has 0 atom stereocenters. The lowest BCUT2D eigenvalue weighted by Gasteiger charge is -2.40. The van der Waals surface area contributed by atoms with Crippen molar-refractivity contribution >= 4 is 5.97 Å². The minimum absolute atomic E-state index is 0.143. The third-order valence-corrected chi connectivity index (χ3v) is 3.42. The summed E-state index contributed by atoms with van der Waals surface area (Å²) in [4.78, 5) is 13.2. The summed E-state index contributed by atoms with van der Waals surface area (Å²) in [7, 11) is 0. The molecule has 0 bridgehead atoms. The zero-order valence-electron chi connectivity index (χ0n) is 9.54. The van der Waals surface area contributed by atoms with Gasteiger partial charge in [0.2, 0.25) is 0 Å². The Labute approximate surface area is 91.4 Å². The fraction of sp³-hybridized carbons (Fsp3) is 0.909. The number of aliphatic carboxylic acids is 1. The van der Waals surface area contributed by atoms with Crippen molar-refractivity contribution in [3.63, 3.8) is 0 Å². The maximum Gasteiger partial charge on any atom is 0.303 e. The molecule has 1 rings (SSSR count). The van der Waals surface area contributed by atoms with Gasteiger partial charge in [-0.2, -0.15) is 0 Å². The fourth-order valence-corrected chi connectivity index (χ4v) is 2.34. The van der Waals surface area contributed by atoms with E-state index in [0.717, 1.165) is 38.9 Å². The van der Waals surface area contributed by atoms with E-state index in [9.17, 15) is 4.79 Å². The molecule has 0 aromatic rings. The molecule has 88 valence electrons. The summed E-state index contributed by atoms with van der Waals surface area (Å²) in [5.74, 6) is -0.718. The molecule has 0 unspecified atom stereocenters. The number of rotatable bonds is 5. The molecule has 4 heteroatoms. The van der Waals surface area contributed by atoms with Crippen LogP contribution in [0.5, 0.6) is 0 Å². The van der Waals surface area contributed by atoms with Gasteiger partial charge in [-0.15, -0.1) is 0 Å². The Bertz CT molecular complexity index is 211. The summed E-state index contributed by atoms with van der Waals surface area (Å²) >= 11 is 0. The van der Waals surface area contributed by atoms with Crippen molar-refractivity contribution in [1.82, 2.24) is 4.90 Å². The molecule has 0 saturated carbocycles. The molecule has 1 fully saturated rings. The smallest absolute Gasteiger partial charge is 0.303 e. The van der Waals surface area contributed by atoms with Gasteiger partial charge in [0.15, 0.2) is 0 Å². The molecule has 1 aliphatic rings. The van der Waals surface area contributed by atoms with E-state index in [1.54, 1.807) is 0 Å². The number of carboxylic acid groups (broad SMARTS) is 1. The number of nitrogens with zero attached hydrogens (tertiary/aromatic N) is 1. The van der Waals surface area contributed by atoms with Crippen LogP contribution in [0, 0.1) is 5.41 Å². The second-order valence-corrected chi connectivity index (χ2v) is 4.62. The number of nitrogens with two attached hydrogens (primary N) is 1. The topological polar surface area (TPSA) is 66.6 Å². The van der Waals surface area contributed by atoms with Crippen LogP contribution in [0.15, 0.2) is 0 Å². The number of carboxylic acids is 1. The molecule has 0 aromatic heterocycles. The Kier molecular flexibility index (Phi) is 4.54. The third-order valence-electron chi connectivity index (χ3n) is 3.42. The van der Waals surface area contributed by atoms with Crippen LogP contribution in [0.2, 0.25) is 0 Å². The van der Waals surface area contributed by atoms with E-state index in [2.05, 4.69) is 11.8 Å². The van der Waals surface area contributed by atoms with Gasteiger partial charge in [-0.1, -0.05) is 6.92 Å². The number of piperidine rings is 1. The lowest BCUT2D eigenvalue weighted by molar-refractivity contribution is -0.140. The monoisotopic (exact) mass is 214 g/mol. The number of hydrogen-bond donors (Lipinski definition) is 2. The molecule has 1 saturated heterocycles.